The Morgan fingerprint density at radius 2 is 2.08 bits per heavy atom. The van der Waals surface area contributed by atoms with Gasteiger partial charge in [-0.2, -0.15) is 0 Å². The molecule has 1 fully saturated rings. The van der Waals surface area contributed by atoms with Crippen molar-refractivity contribution in [3.8, 4) is 0 Å². The van der Waals surface area contributed by atoms with Gasteiger partial charge in [-0.25, -0.2) is 4.79 Å². The zero-order valence-electron chi connectivity index (χ0n) is 14.4. The number of nitrogens with zero attached hydrogens (tertiary/aromatic N) is 1. The van der Waals surface area contributed by atoms with Crippen LogP contribution in [0.1, 0.15) is 58.1 Å². The minimum atomic E-state index is -0.774. The van der Waals surface area contributed by atoms with Gasteiger partial charge in [0.1, 0.15) is 5.60 Å². The van der Waals surface area contributed by atoms with E-state index in [4.69, 9.17) is 27.9 Å². The molecule has 2 rings (SSSR count). The number of hydrogen-bond donors (Lipinski definition) is 1. The fourth-order valence-electron chi connectivity index (χ4n) is 2.97. The Morgan fingerprint density at radius 1 is 1.38 bits per heavy atom. The topological polar surface area (TPSA) is 49.8 Å². The highest BCUT2D eigenvalue weighted by molar-refractivity contribution is 6.42. The molecule has 2 unspecified atom stereocenters. The number of amides is 1. The molecule has 1 aliphatic rings. The standard InChI is InChI=1S/C18H25Cl2NO3/c1-18(2,3)24-17(23)21-10-5-4-7-12(21)11-15(22)13-8-6-9-14(19)16(13)20/h6,8-9,12,15,22H,4-5,7,10-11H2,1-3H3. The van der Waals surface area contributed by atoms with Crippen LogP contribution in [0.5, 0.6) is 0 Å². The van der Waals surface area contributed by atoms with Gasteiger partial charge in [0, 0.05) is 18.2 Å². The van der Waals surface area contributed by atoms with Crippen molar-refractivity contribution < 1.29 is 14.6 Å². The van der Waals surface area contributed by atoms with Crippen molar-refractivity contribution in [2.75, 3.05) is 6.54 Å². The summed E-state index contributed by atoms with van der Waals surface area (Å²) in [6, 6.07) is 5.14. The van der Waals surface area contributed by atoms with Gasteiger partial charge in [0.15, 0.2) is 0 Å². The third kappa shape index (κ3) is 5.01. The molecule has 0 aliphatic carbocycles. The minimum absolute atomic E-state index is 0.0707. The predicted molar refractivity (Wildman–Crippen MR) is 96.6 cm³/mol. The van der Waals surface area contributed by atoms with E-state index >= 15 is 0 Å². The molecule has 1 saturated heterocycles. The number of halogens is 2. The number of carbonyl (C=O) groups excluding carboxylic acids is 1. The zero-order valence-corrected chi connectivity index (χ0v) is 15.9. The van der Waals surface area contributed by atoms with E-state index in [0.29, 0.717) is 28.6 Å². The Morgan fingerprint density at radius 3 is 2.75 bits per heavy atom. The maximum Gasteiger partial charge on any atom is 0.410 e. The summed E-state index contributed by atoms with van der Waals surface area (Å²) in [5.41, 5.74) is 0.0624. The van der Waals surface area contributed by atoms with E-state index in [1.807, 2.05) is 20.8 Å². The number of piperidine rings is 1. The van der Waals surface area contributed by atoms with Crippen LogP contribution in [-0.2, 0) is 4.74 Å². The summed E-state index contributed by atoms with van der Waals surface area (Å²) in [5.74, 6) is 0. The molecule has 134 valence electrons. The molecule has 6 heteroatoms. The maximum atomic E-state index is 12.4. The number of hydrogen-bond acceptors (Lipinski definition) is 3. The fraction of sp³-hybridized carbons (Fsp3) is 0.611. The maximum absolute atomic E-state index is 12.4. The first-order valence-electron chi connectivity index (χ1n) is 8.30. The largest absolute Gasteiger partial charge is 0.444 e. The Hall–Kier alpha value is -0.970. The van der Waals surface area contributed by atoms with Gasteiger partial charge in [-0.3, -0.25) is 0 Å². The van der Waals surface area contributed by atoms with Gasteiger partial charge in [-0.1, -0.05) is 35.3 Å². The molecule has 0 aromatic heterocycles. The molecular formula is C18H25Cl2NO3. The summed E-state index contributed by atoms with van der Waals surface area (Å²) in [5, 5.41) is 11.4. The summed E-state index contributed by atoms with van der Waals surface area (Å²) in [7, 11) is 0. The number of aliphatic hydroxyl groups is 1. The molecule has 1 heterocycles. The van der Waals surface area contributed by atoms with Crippen LogP contribution in [-0.4, -0.2) is 34.3 Å². The van der Waals surface area contributed by atoms with E-state index < -0.39 is 11.7 Å². The summed E-state index contributed by atoms with van der Waals surface area (Å²) in [6.07, 6.45) is 2.14. The van der Waals surface area contributed by atoms with Crippen molar-refractivity contribution in [1.82, 2.24) is 4.90 Å². The van der Waals surface area contributed by atoms with Crippen molar-refractivity contribution >= 4 is 29.3 Å². The van der Waals surface area contributed by atoms with E-state index in [-0.39, 0.29) is 12.1 Å². The first kappa shape index (κ1) is 19.4. The van der Waals surface area contributed by atoms with Crippen molar-refractivity contribution in [3.05, 3.63) is 33.8 Å². The van der Waals surface area contributed by atoms with Crippen molar-refractivity contribution in [2.45, 2.75) is 64.2 Å². The Kier molecular flexibility index (Phi) is 6.40. The Balaban J connectivity index is 2.10. The number of aliphatic hydroxyl groups excluding tert-OH is 1. The summed E-state index contributed by atoms with van der Waals surface area (Å²) >= 11 is 12.2. The van der Waals surface area contributed by atoms with Crippen molar-refractivity contribution in [2.24, 2.45) is 0 Å². The average molecular weight is 374 g/mol. The van der Waals surface area contributed by atoms with Crippen LogP contribution < -0.4 is 0 Å². The molecule has 2 atom stereocenters. The SMILES string of the molecule is CC(C)(C)OC(=O)N1CCCCC1CC(O)c1cccc(Cl)c1Cl. The monoisotopic (exact) mass is 373 g/mol. The lowest BCUT2D eigenvalue weighted by molar-refractivity contribution is 0.00238. The van der Waals surface area contributed by atoms with Crippen molar-refractivity contribution in [1.29, 1.82) is 0 Å². The van der Waals surface area contributed by atoms with Crippen molar-refractivity contribution in [3.63, 3.8) is 0 Å². The minimum Gasteiger partial charge on any atom is -0.444 e. The van der Waals surface area contributed by atoms with Gasteiger partial charge in [-0.05, 0) is 52.5 Å². The summed E-state index contributed by atoms with van der Waals surface area (Å²) < 4.78 is 5.50. The lowest BCUT2D eigenvalue weighted by Gasteiger charge is -2.37. The molecular weight excluding hydrogens is 349 g/mol. The molecule has 1 N–H and O–H groups in total. The highest BCUT2D eigenvalue weighted by atomic mass is 35.5. The third-order valence-electron chi connectivity index (χ3n) is 4.09. The highest BCUT2D eigenvalue weighted by Crippen LogP contribution is 2.34. The molecule has 0 radical (unpaired) electrons. The quantitative estimate of drug-likeness (QED) is 0.791. The predicted octanol–water partition coefficient (Wildman–Crippen LogP) is 5.21. The number of ether oxygens (including phenoxy) is 1. The number of likely N-dealkylation sites (tertiary alicyclic amines) is 1. The van der Waals surface area contributed by atoms with E-state index in [1.54, 1.807) is 23.1 Å². The van der Waals surface area contributed by atoms with Crippen LogP contribution in [0.2, 0.25) is 10.0 Å². The number of carbonyl (C=O) groups is 1. The second-order valence-electron chi connectivity index (χ2n) is 7.22. The highest BCUT2D eigenvalue weighted by Gasteiger charge is 2.32. The van der Waals surface area contributed by atoms with Crippen LogP contribution in [0, 0.1) is 0 Å². The first-order valence-corrected chi connectivity index (χ1v) is 9.06. The van der Waals surface area contributed by atoms with Gasteiger partial charge in [-0.15, -0.1) is 0 Å². The van der Waals surface area contributed by atoms with Gasteiger partial charge >= 0.3 is 6.09 Å². The average Bonchev–Trinajstić information content (AvgIpc) is 2.48. The second-order valence-corrected chi connectivity index (χ2v) is 8.00. The van der Waals surface area contributed by atoms with Crippen LogP contribution in [0.3, 0.4) is 0 Å². The smallest absolute Gasteiger partial charge is 0.410 e. The molecule has 24 heavy (non-hydrogen) atoms. The molecule has 4 nitrogen and oxygen atoms in total. The zero-order chi connectivity index (χ0) is 17.9. The van der Waals surface area contributed by atoms with Gasteiger partial charge in [0.05, 0.1) is 16.1 Å². The fourth-order valence-corrected chi connectivity index (χ4v) is 3.40. The van der Waals surface area contributed by atoms with E-state index in [1.165, 1.54) is 0 Å². The molecule has 1 aliphatic heterocycles. The molecule has 1 aromatic rings. The molecule has 1 amide bonds. The van der Waals surface area contributed by atoms with Crippen LogP contribution in [0.25, 0.3) is 0 Å². The lowest BCUT2D eigenvalue weighted by Crippen LogP contribution is -2.46. The lowest BCUT2D eigenvalue weighted by atomic mass is 9.94. The van der Waals surface area contributed by atoms with E-state index in [9.17, 15) is 9.90 Å². The third-order valence-corrected chi connectivity index (χ3v) is 4.92. The first-order chi connectivity index (χ1) is 11.2. The summed E-state index contributed by atoms with van der Waals surface area (Å²) in [6.45, 7) is 6.20. The Bertz CT molecular complexity index is 586. The Labute approximate surface area is 153 Å². The molecule has 0 saturated carbocycles. The van der Waals surface area contributed by atoms with Gasteiger partial charge < -0.3 is 14.7 Å². The molecule has 0 bridgehead atoms. The van der Waals surface area contributed by atoms with Crippen LogP contribution >= 0.6 is 23.2 Å². The summed E-state index contributed by atoms with van der Waals surface area (Å²) in [4.78, 5) is 14.2. The number of benzene rings is 1. The van der Waals surface area contributed by atoms with E-state index in [2.05, 4.69) is 0 Å². The van der Waals surface area contributed by atoms with Crippen LogP contribution in [0.4, 0.5) is 4.79 Å². The second kappa shape index (κ2) is 7.94. The molecule has 1 aromatic carbocycles. The van der Waals surface area contributed by atoms with E-state index in [0.717, 1.165) is 19.3 Å². The molecule has 0 spiro atoms. The number of rotatable bonds is 3. The van der Waals surface area contributed by atoms with Crippen LogP contribution in [0.15, 0.2) is 18.2 Å². The van der Waals surface area contributed by atoms with Gasteiger partial charge in [0.25, 0.3) is 0 Å². The van der Waals surface area contributed by atoms with Gasteiger partial charge in [0.2, 0.25) is 0 Å². The normalized spacial score (nSPS) is 19.9.